The number of ether oxygens (including phenoxy) is 1. The molecule has 4 atom stereocenters. The third kappa shape index (κ3) is 5.37. The van der Waals surface area contributed by atoms with E-state index in [0.29, 0.717) is 38.8 Å². The number of aromatic hydroxyl groups is 1. The number of amides is 2. The van der Waals surface area contributed by atoms with Gasteiger partial charge in [-0.05, 0) is 68.5 Å². The summed E-state index contributed by atoms with van der Waals surface area (Å²) in [5, 5.41) is 20.9. The average molecular weight is 532 g/mol. The van der Waals surface area contributed by atoms with E-state index in [9.17, 15) is 19.5 Å². The van der Waals surface area contributed by atoms with Crippen LogP contribution >= 0.6 is 0 Å². The summed E-state index contributed by atoms with van der Waals surface area (Å²) in [6, 6.07) is 11.5. The summed E-state index contributed by atoms with van der Waals surface area (Å²) >= 11 is 0. The quantitative estimate of drug-likeness (QED) is 0.231. The van der Waals surface area contributed by atoms with Crippen molar-refractivity contribution >= 4 is 34.6 Å². The van der Waals surface area contributed by atoms with Crippen LogP contribution in [0.1, 0.15) is 64.4 Å². The Morgan fingerprint density at radius 3 is 2.56 bits per heavy atom. The molecular weight excluding hydrogens is 494 g/mol. The molecule has 7 heteroatoms. The van der Waals surface area contributed by atoms with Gasteiger partial charge in [-0.15, -0.1) is 0 Å². The largest absolute Gasteiger partial charge is 0.507 e. The number of hydrogen-bond donors (Lipinski definition) is 2. The lowest BCUT2D eigenvalue weighted by Crippen LogP contribution is -2.34. The first kappa shape index (κ1) is 27.1. The minimum Gasteiger partial charge on any atom is -0.507 e. The van der Waals surface area contributed by atoms with Crippen LogP contribution in [-0.2, 0) is 19.1 Å². The van der Waals surface area contributed by atoms with Gasteiger partial charge in [0.15, 0.2) is 0 Å². The first-order chi connectivity index (χ1) is 18.8. The molecule has 0 radical (unpaired) electrons. The van der Waals surface area contributed by atoms with E-state index in [1.807, 2.05) is 30.3 Å². The predicted molar refractivity (Wildman–Crippen MR) is 149 cm³/mol. The smallest absolute Gasteiger partial charge is 0.303 e. The van der Waals surface area contributed by atoms with Crippen LogP contribution in [-0.4, -0.2) is 52.2 Å². The fourth-order valence-electron chi connectivity index (χ4n) is 6.77. The van der Waals surface area contributed by atoms with Crippen LogP contribution in [0.5, 0.6) is 5.75 Å². The van der Waals surface area contributed by atoms with Crippen molar-refractivity contribution in [3.8, 4) is 5.75 Å². The molecule has 2 fully saturated rings. The number of benzene rings is 2. The average Bonchev–Trinajstić information content (AvgIpc) is 3.44. The van der Waals surface area contributed by atoms with E-state index < -0.39 is 5.97 Å². The number of phenolic OH excluding ortho intramolecular Hbond substituents is 1. The SMILES string of the molecule is CC1=C2[C@@H](CC/C(C)=C/c3ccc(O)c4ccccc34)OC[C@@H]2[C@@H]2C(=O)N(CCCCCC(=O)O)C(=O)[C@@H]2C1. The molecule has 2 amide bonds. The molecule has 0 bridgehead atoms. The molecule has 3 aliphatic rings. The van der Waals surface area contributed by atoms with Crippen LogP contribution in [0.3, 0.4) is 0 Å². The number of carboxylic acids is 1. The number of carboxylic acid groups (broad SMARTS) is 1. The van der Waals surface area contributed by atoms with Crippen molar-refractivity contribution in [2.24, 2.45) is 17.8 Å². The zero-order chi connectivity index (χ0) is 27.7. The second-order valence-electron chi connectivity index (χ2n) is 11.3. The van der Waals surface area contributed by atoms with Gasteiger partial charge in [-0.2, -0.15) is 0 Å². The molecule has 2 aliphatic heterocycles. The molecule has 7 nitrogen and oxygen atoms in total. The van der Waals surface area contributed by atoms with Gasteiger partial charge in [0.2, 0.25) is 11.8 Å². The van der Waals surface area contributed by atoms with Crippen molar-refractivity contribution in [3.05, 3.63) is 58.7 Å². The number of likely N-dealkylation sites (tertiary alicyclic amines) is 1. The van der Waals surface area contributed by atoms with E-state index in [1.165, 1.54) is 21.6 Å². The van der Waals surface area contributed by atoms with Crippen molar-refractivity contribution in [2.45, 2.75) is 64.9 Å². The van der Waals surface area contributed by atoms with Crippen molar-refractivity contribution < 1.29 is 29.3 Å². The van der Waals surface area contributed by atoms with Gasteiger partial charge in [0, 0.05) is 24.3 Å². The van der Waals surface area contributed by atoms with Gasteiger partial charge in [0.05, 0.1) is 24.5 Å². The molecule has 0 aromatic heterocycles. The van der Waals surface area contributed by atoms with E-state index in [2.05, 4.69) is 19.9 Å². The summed E-state index contributed by atoms with van der Waals surface area (Å²) in [6.07, 6.45) is 6.35. The number of carbonyl (C=O) groups excluding carboxylic acids is 2. The summed E-state index contributed by atoms with van der Waals surface area (Å²) < 4.78 is 6.26. The third-order valence-electron chi connectivity index (χ3n) is 8.65. The number of allylic oxidation sites excluding steroid dienone is 2. The Morgan fingerprint density at radius 2 is 1.79 bits per heavy atom. The minimum atomic E-state index is -0.821. The molecule has 2 heterocycles. The number of aliphatic carboxylic acids is 1. The van der Waals surface area contributed by atoms with Crippen molar-refractivity contribution in [3.63, 3.8) is 0 Å². The van der Waals surface area contributed by atoms with E-state index >= 15 is 0 Å². The Balaban J connectivity index is 1.24. The van der Waals surface area contributed by atoms with Crippen LogP contribution in [0, 0.1) is 17.8 Å². The van der Waals surface area contributed by atoms with E-state index in [4.69, 9.17) is 9.84 Å². The number of fused-ring (bicyclic) bond motifs is 4. The fraction of sp³-hybridized carbons (Fsp3) is 0.469. The Morgan fingerprint density at radius 1 is 1.03 bits per heavy atom. The van der Waals surface area contributed by atoms with Gasteiger partial charge in [-0.1, -0.05) is 54.0 Å². The summed E-state index contributed by atoms with van der Waals surface area (Å²) in [4.78, 5) is 38.7. The van der Waals surface area contributed by atoms with Crippen molar-refractivity contribution in [2.75, 3.05) is 13.2 Å². The van der Waals surface area contributed by atoms with E-state index in [0.717, 1.165) is 29.2 Å². The number of nitrogens with zero attached hydrogens (tertiary/aromatic N) is 1. The summed E-state index contributed by atoms with van der Waals surface area (Å²) in [5.41, 5.74) is 4.68. The number of carbonyl (C=O) groups is 3. The monoisotopic (exact) mass is 531 g/mol. The Hall–Kier alpha value is -3.45. The van der Waals surface area contributed by atoms with Gasteiger partial charge in [0.1, 0.15) is 5.75 Å². The summed E-state index contributed by atoms with van der Waals surface area (Å²) in [7, 11) is 0. The molecule has 2 saturated heterocycles. The van der Waals surface area contributed by atoms with Crippen molar-refractivity contribution in [1.29, 1.82) is 0 Å². The second-order valence-corrected chi connectivity index (χ2v) is 11.3. The lowest BCUT2D eigenvalue weighted by atomic mass is 9.70. The van der Waals surface area contributed by atoms with Gasteiger partial charge >= 0.3 is 5.97 Å². The fourth-order valence-corrected chi connectivity index (χ4v) is 6.77. The molecule has 0 saturated carbocycles. The predicted octanol–water partition coefficient (Wildman–Crippen LogP) is 5.71. The standard InChI is InChI=1S/C32H37NO6/c1-19(16-21-12-13-26(34)23-9-6-5-8-22(21)23)11-14-27-29-20(2)17-24-30(25(29)18-39-27)32(38)33(31(24)37)15-7-3-4-10-28(35)36/h5-6,8-9,12-13,16,24-25,27,30,34H,3-4,7,10-11,14-15,17-18H2,1-2H3,(H,35,36)/b19-16+/t24-,25+,27-,30-/m1/s1. The van der Waals surface area contributed by atoms with Gasteiger partial charge < -0.3 is 14.9 Å². The molecule has 0 unspecified atom stereocenters. The molecule has 2 aromatic rings. The van der Waals surface area contributed by atoms with Gasteiger partial charge in [0.25, 0.3) is 0 Å². The van der Waals surface area contributed by atoms with Gasteiger partial charge in [-0.25, -0.2) is 0 Å². The van der Waals surface area contributed by atoms with E-state index in [-0.39, 0.29) is 47.8 Å². The number of rotatable bonds is 10. The molecule has 2 aromatic carbocycles. The number of imide groups is 1. The molecule has 1 aliphatic carbocycles. The molecule has 0 spiro atoms. The van der Waals surface area contributed by atoms with Crippen LogP contribution in [0.2, 0.25) is 0 Å². The maximum absolute atomic E-state index is 13.4. The number of phenols is 1. The normalized spacial score (nSPS) is 25.0. The Labute approximate surface area is 229 Å². The minimum absolute atomic E-state index is 0.0486. The Bertz CT molecular complexity index is 1360. The molecule has 206 valence electrons. The van der Waals surface area contributed by atoms with Crippen LogP contribution in [0.15, 0.2) is 53.1 Å². The highest BCUT2D eigenvalue weighted by molar-refractivity contribution is 6.06. The van der Waals surface area contributed by atoms with Crippen molar-refractivity contribution in [1.82, 2.24) is 4.90 Å². The number of unbranched alkanes of at least 4 members (excludes halogenated alkanes) is 2. The van der Waals surface area contributed by atoms with Crippen LogP contribution < -0.4 is 0 Å². The molecular formula is C32H37NO6. The zero-order valence-corrected chi connectivity index (χ0v) is 22.7. The molecule has 5 rings (SSSR count). The number of hydrogen-bond acceptors (Lipinski definition) is 5. The summed E-state index contributed by atoms with van der Waals surface area (Å²) in [6.45, 7) is 5.03. The second kappa shape index (κ2) is 11.3. The van der Waals surface area contributed by atoms with Gasteiger partial charge in [-0.3, -0.25) is 19.3 Å². The highest BCUT2D eigenvalue weighted by atomic mass is 16.5. The Kier molecular flexibility index (Phi) is 7.89. The van der Waals surface area contributed by atoms with E-state index in [1.54, 1.807) is 6.07 Å². The highest BCUT2D eigenvalue weighted by Crippen LogP contribution is 2.49. The lowest BCUT2D eigenvalue weighted by molar-refractivity contribution is -0.141. The van der Waals surface area contributed by atoms with Crippen LogP contribution in [0.25, 0.3) is 16.8 Å². The third-order valence-corrected chi connectivity index (χ3v) is 8.65. The summed E-state index contributed by atoms with van der Waals surface area (Å²) in [5.74, 6) is -1.41. The lowest BCUT2D eigenvalue weighted by Gasteiger charge is -2.30. The maximum atomic E-state index is 13.4. The van der Waals surface area contributed by atoms with Crippen LogP contribution in [0.4, 0.5) is 0 Å². The molecule has 2 N–H and O–H groups in total. The maximum Gasteiger partial charge on any atom is 0.303 e. The first-order valence-electron chi connectivity index (χ1n) is 14.0. The molecule has 39 heavy (non-hydrogen) atoms. The first-order valence-corrected chi connectivity index (χ1v) is 14.0. The highest BCUT2D eigenvalue weighted by Gasteiger charge is 2.56. The zero-order valence-electron chi connectivity index (χ0n) is 22.7. The topological polar surface area (TPSA) is 104 Å².